The first-order valence-electron chi connectivity index (χ1n) is 19.6. The molecular formula is C46H46Cl2N6O5. The largest absolute Gasteiger partial charge is 0.496 e. The van der Waals surface area contributed by atoms with Gasteiger partial charge in [-0.05, 0) is 119 Å². The highest BCUT2D eigenvalue weighted by atomic mass is 35.5. The number of aromatic carboxylic acids is 1. The van der Waals surface area contributed by atoms with Crippen molar-refractivity contribution in [2.45, 2.75) is 67.0 Å². The van der Waals surface area contributed by atoms with E-state index in [0.717, 1.165) is 72.1 Å². The van der Waals surface area contributed by atoms with Gasteiger partial charge in [0.25, 0.3) is 5.91 Å². The number of carbonyl (C=O) groups is 2. The number of benzene rings is 3. The Kier molecular flexibility index (Phi) is 10.5. The van der Waals surface area contributed by atoms with Crippen LogP contribution >= 0.6 is 23.2 Å². The summed E-state index contributed by atoms with van der Waals surface area (Å²) in [6, 6.07) is 15.1. The average Bonchev–Trinajstić information content (AvgIpc) is 3.82. The van der Waals surface area contributed by atoms with E-state index in [1.165, 1.54) is 7.11 Å². The summed E-state index contributed by atoms with van der Waals surface area (Å²) >= 11 is 13.6. The van der Waals surface area contributed by atoms with Crippen molar-refractivity contribution in [1.82, 2.24) is 23.9 Å². The Morgan fingerprint density at radius 2 is 1.73 bits per heavy atom. The highest BCUT2D eigenvalue weighted by molar-refractivity contribution is 6.35. The fourth-order valence-corrected chi connectivity index (χ4v) is 9.23. The molecule has 13 heteroatoms. The van der Waals surface area contributed by atoms with Gasteiger partial charge in [0.05, 0.1) is 64.3 Å². The minimum atomic E-state index is -1.10. The second-order valence-corrected chi connectivity index (χ2v) is 16.4. The third-order valence-electron chi connectivity index (χ3n) is 11.6. The molecule has 0 aliphatic carbocycles. The molecule has 1 aliphatic rings. The van der Waals surface area contributed by atoms with Crippen LogP contribution in [0, 0.1) is 34.6 Å². The van der Waals surface area contributed by atoms with Gasteiger partial charge in [0, 0.05) is 59.3 Å². The molecule has 11 nitrogen and oxygen atoms in total. The molecule has 5 heterocycles. The molecule has 1 atom stereocenters. The van der Waals surface area contributed by atoms with Crippen molar-refractivity contribution in [3.05, 3.63) is 122 Å². The number of fused-ring (bicyclic) bond motifs is 4. The van der Waals surface area contributed by atoms with Gasteiger partial charge in [-0.2, -0.15) is 5.10 Å². The van der Waals surface area contributed by atoms with Crippen LogP contribution in [0.5, 0.6) is 11.5 Å². The molecule has 0 saturated carbocycles. The van der Waals surface area contributed by atoms with Gasteiger partial charge in [0.2, 0.25) is 0 Å². The number of amides is 1. The summed E-state index contributed by atoms with van der Waals surface area (Å²) in [7, 11) is 3.44. The van der Waals surface area contributed by atoms with Crippen LogP contribution in [-0.2, 0) is 20.0 Å². The number of nitrogens with zero attached hydrogens (tertiary/aromatic N) is 6. The van der Waals surface area contributed by atoms with Gasteiger partial charge in [-0.15, -0.1) is 0 Å². The normalized spacial score (nSPS) is 14.1. The van der Waals surface area contributed by atoms with Crippen molar-refractivity contribution >= 4 is 62.6 Å². The minimum absolute atomic E-state index is 0.0752. The Morgan fingerprint density at radius 3 is 2.39 bits per heavy atom. The van der Waals surface area contributed by atoms with Gasteiger partial charge in [-0.1, -0.05) is 29.3 Å². The van der Waals surface area contributed by atoms with E-state index < -0.39 is 5.97 Å². The summed E-state index contributed by atoms with van der Waals surface area (Å²) in [5.41, 5.74) is 10.8. The molecule has 1 amide bonds. The maximum Gasteiger partial charge on any atom is 0.338 e. The molecule has 1 N–H and O–H groups in total. The molecule has 0 spiro atoms. The number of hydrogen-bond donors (Lipinski definition) is 1. The van der Waals surface area contributed by atoms with Crippen LogP contribution in [0.2, 0.25) is 10.0 Å². The molecule has 0 saturated heterocycles. The van der Waals surface area contributed by atoms with Gasteiger partial charge in [-0.25, -0.2) is 4.79 Å². The lowest BCUT2D eigenvalue weighted by Gasteiger charge is -2.35. The molecule has 1 aliphatic heterocycles. The minimum Gasteiger partial charge on any atom is -0.496 e. The number of carboxylic acids is 1. The monoisotopic (exact) mass is 832 g/mol. The summed E-state index contributed by atoms with van der Waals surface area (Å²) in [6.07, 6.45) is 4.52. The van der Waals surface area contributed by atoms with E-state index in [1.807, 2.05) is 93.4 Å². The number of pyridine rings is 1. The summed E-state index contributed by atoms with van der Waals surface area (Å²) in [5.74, 6) is -0.157. The van der Waals surface area contributed by atoms with Crippen molar-refractivity contribution in [2.24, 2.45) is 7.05 Å². The van der Waals surface area contributed by atoms with Crippen molar-refractivity contribution in [2.75, 3.05) is 25.2 Å². The number of rotatable bonds is 11. The third kappa shape index (κ3) is 6.79. The molecule has 3 aromatic carbocycles. The van der Waals surface area contributed by atoms with Crippen LogP contribution < -0.4 is 14.4 Å². The Hall–Kier alpha value is -5.78. The Morgan fingerprint density at radius 1 is 0.983 bits per heavy atom. The number of carbonyl (C=O) groups excluding carboxylic acids is 1. The zero-order valence-corrected chi connectivity index (χ0v) is 35.9. The number of aryl methyl sites for hydroxylation is 6. The molecule has 0 radical (unpaired) electrons. The Labute approximate surface area is 352 Å². The summed E-state index contributed by atoms with van der Waals surface area (Å²) in [6.45, 7) is 13.0. The van der Waals surface area contributed by atoms with Gasteiger partial charge >= 0.3 is 5.97 Å². The molecule has 8 rings (SSSR count). The van der Waals surface area contributed by atoms with Crippen LogP contribution in [-0.4, -0.2) is 61.1 Å². The number of ether oxygens (including phenoxy) is 2. The zero-order chi connectivity index (χ0) is 42.0. The second-order valence-electron chi connectivity index (χ2n) is 15.6. The first kappa shape index (κ1) is 40.0. The van der Waals surface area contributed by atoms with Crippen molar-refractivity contribution in [1.29, 1.82) is 0 Å². The van der Waals surface area contributed by atoms with Crippen molar-refractivity contribution < 1.29 is 24.2 Å². The van der Waals surface area contributed by atoms with Gasteiger partial charge in [-0.3, -0.25) is 14.5 Å². The van der Waals surface area contributed by atoms with Crippen LogP contribution in [0.25, 0.3) is 32.9 Å². The van der Waals surface area contributed by atoms with Crippen molar-refractivity contribution in [3.63, 3.8) is 0 Å². The van der Waals surface area contributed by atoms with E-state index in [2.05, 4.69) is 16.5 Å². The second kappa shape index (κ2) is 15.4. The first-order chi connectivity index (χ1) is 28.2. The van der Waals surface area contributed by atoms with Gasteiger partial charge in [0.15, 0.2) is 0 Å². The quantitative estimate of drug-likeness (QED) is 0.129. The van der Waals surface area contributed by atoms with E-state index in [-0.39, 0.29) is 24.1 Å². The average molecular weight is 834 g/mol. The fraction of sp³-hybridized carbons (Fsp3) is 0.304. The van der Waals surface area contributed by atoms with E-state index in [0.29, 0.717) is 59.0 Å². The lowest BCUT2D eigenvalue weighted by Crippen LogP contribution is -2.43. The van der Waals surface area contributed by atoms with E-state index in [4.69, 9.17) is 37.8 Å². The predicted molar refractivity (Wildman–Crippen MR) is 233 cm³/mol. The van der Waals surface area contributed by atoms with Gasteiger partial charge < -0.3 is 28.6 Å². The highest BCUT2D eigenvalue weighted by Gasteiger charge is 2.38. The highest BCUT2D eigenvalue weighted by Crippen LogP contribution is 2.46. The van der Waals surface area contributed by atoms with Gasteiger partial charge in [0.1, 0.15) is 17.2 Å². The lowest BCUT2D eigenvalue weighted by atomic mass is 9.98. The number of aromatic nitrogens is 5. The molecule has 7 aromatic rings. The van der Waals surface area contributed by atoms with Crippen LogP contribution in [0.3, 0.4) is 0 Å². The number of anilines is 1. The number of methoxy groups -OCH3 is 1. The molecule has 4 aromatic heterocycles. The summed E-state index contributed by atoms with van der Waals surface area (Å²) in [5, 5.41) is 17.8. The van der Waals surface area contributed by atoms with E-state index in [9.17, 15) is 9.90 Å². The summed E-state index contributed by atoms with van der Waals surface area (Å²) in [4.78, 5) is 34.6. The zero-order valence-electron chi connectivity index (χ0n) is 34.4. The Balaban J connectivity index is 1.30. The Bertz CT molecular complexity index is 2830. The standard InChI is InChI=1S/C46H46Cl2N6O5/c1-24-15-16-49-30(18-24)22-52-23-34(46(56)57)39-37(58-8)14-13-36(44(39)52)53-21-27(4)54-42-33(11-12-35(47)40(42)38-28(5)50-51(7)29(38)6)32(43(54)45(53)55)10-9-17-59-31-19-25(2)41(48)26(3)20-31/h11-16,18-20,23,27H,9-10,17,21-22H2,1-8H3,(H,56,57)/t27-/m1/s1. The number of halogens is 2. The van der Waals surface area contributed by atoms with Crippen LogP contribution in [0.1, 0.15) is 79.6 Å². The van der Waals surface area contributed by atoms with E-state index >= 15 is 4.79 Å². The molecule has 304 valence electrons. The van der Waals surface area contributed by atoms with Crippen molar-refractivity contribution in [3.8, 4) is 22.6 Å². The first-order valence-corrected chi connectivity index (χ1v) is 20.4. The lowest BCUT2D eigenvalue weighted by molar-refractivity contribution is 0.0698. The van der Waals surface area contributed by atoms with Crippen LogP contribution in [0.4, 0.5) is 5.69 Å². The fourth-order valence-electron chi connectivity index (χ4n) is 8.87. The number of carboxylic acid groups (broad SMARTS) is 1. The SMILES string of the molecule is COc1ccc(N2C[C@@H](C)n3c(c(CCCOc4cc(C)c(Cl)c(C)c4)c4ccc(Cl)c(-c5c(C)nn(C)c5C)c43)C2=O)c2c1c(C(=O)O)cn2Cc1cc(C)ccn1. The molecule has 59 heavy (non-hydrogen) atoms. The predicted octanol–water partition coefficient (Wildman–Crippen LogP) is 10.2. The third-order valence-corrected chi connectivity index (χ3v) is 12.5. The van der Waals surface area contributed by atoms with Crippen LogP contribution in [0.15, 0.2) is 60.9 Å². The maximum atomic E-state index is 15.5. The number of hydrogen-bond acceptors (Lipinski definition) is 6. The topological polar surface area (TPSA) is 117 Å². The molecule has 0 bridgehead atoms. The molecule has 0 unspecified atom stereocenters. The smallest absolute Gasteiger partial charge is 0.338 e. The summed E-state index contributed by atoms with van der Waals surface area (Å²) < 4.78 is 17.9. The maximum absolute atomic E-state index is 15.5. The molecule has 0 fully saturated rings. The van der Waals surface area contributed by atoms with E-state index in [1.54, 1.807) is 23.4 Å². The molecular weight excluding hydrogens is 787 g/mol.